The fraction of sp³-hybridized carbons (Fsp3) is 0.824. The van der Waals surface area contributed by atoms with Gasteiger partial charge in [-0.05, 0) is 20.4 Å². The van der Waals surface area contributed by atoms with E-state index in [4.69, 9.17) is 9.26 Å². The minimum Gasteiger partial charge on any atom is -0.385 e. The highest BCUT2D eigenvalue weighted by atomic mass is 127. The quantitative estimate of drug-likeness (QED) is 0.204. The number of aliphatic imine (C=N–C) groups is 1. The van der Waals surface area contributed by atoms with Crippen molar-refractivity contribution in [3.05, 3.63) is 11.7 Å². The van der Waals surface area contributed by atoms with Gasteiger partial charge >= 0.3 is 0 Å². The maximum absolute atomic E-state index is 5.25. The molecule has 0 bridgehead atoms. The van der Waals surface area contributed by atoms with Crippen LogP contribution in [0.15, 0.2) is 9.52 Å². The molecule has 0 fully saturated rings. The van der Waals surface area contributed by atoms with Crippen LogP contribution in [0.25, 0.3) is 0 Å². The molecule has 0 unspecified atom stereocenters. The molecule has 0 atom stereocenters. The fourth-order valence-electron chi connectivity index (χ4n) is 2.16. The summed E-state index contributed by atoms with van der Waals surface area (Å²) in [4.78, 5) is 11.2. The summed E-state index contributed by atoms with van der Waals surface area (Å²) in [6, 6.07) is 0. The molecule has 1 aromatic rings. The molecule has 26 heavy (non-hydrogen) atoms. The molecule has 0 spiro atoms. The minimum absolute atomic E-state index is 0. The Labute approximate surface area is 174 Å². The number of likely N-dealkylation sites (N-methyl/N-ethyl adjacent to an activating group) is 1. The lowest BCUT2D eigenvalue weighted by Crippen LogP contribution is -2.39. The van der Waals surface area contributed by atoms with Gasteiger partial charge in [0, 0.05) is 52.2 Å². The van der Waals surface area contributed by atoms with Gasteiger partial charge in [-0.15, -0.1) is 24.0 Å². The second-order valence-corrected chi connectivity index (χ2v) is 6.29. The van der Waals surface area contributed by atoms with Gasteiger partial charge in [0.2, 0.25) is 5.89 Å². The van der Waals surface area contributed by atoms with Crippen LogP contribution >= 0.6 is 24.0 Å². The van der Waals surface area contributed by atoms with Crippen molar-refractivity contribution in [2.45, 2.75) is 39.5 Å². The number of nitrogens with zero attached hydrogens (tertiary/aromatic N) is 4. The van der Waals surface area contributed by atoms with Crippen molar-refractivity contribution in [1.82, 2.24) is 25.7 Å². The first-order chi connectivity index (χ1) is 12.1. The SMILES string of the molecule is CCNC(=NCCN(C)CCCOC)NCCc1nc(C(C)C)no1.I. The van der Waals surface area contributed by atoms with Gasteiger partial charge in [-0.1, -0.05) is 19.0 Å². The van der Waals surface area contributed by atoms with E-state index in [1.807, 2.05) is 0 Å². The lowest BCUT2D eigenvalue weighted by Gasteiger charge is -2.16. The molecule has 2 N–H and O–H groups in total. The third-order valence-corrected chi connectivity index (χ3v) is 3.62. The monoisotopic (exact) mass is 482 g/mol. The number of guanidine groups is 1. The van der Waals surface area contributed by atoms with Gasteiger partial charge in [0.05, 0.1) is 6.54 Å². The highest BCUT2D eigenvalue weighted by molar-refractivity contribution is 14.0. The Morgan fingerprint density at radius 1 is 1.31 bits per heavy atom. The number of hydrogen-bond donors (Lipinski definition) is 2. The standard InChI is InChI=1S/C17H34N6O2.HI/c1-6-18-17(20-10-12-23(4)11-7-13-24-5)19-9-8-15-21-16(14(2)3)22-25-15;/h14H,6-13H2,1-5H3,(H2,18,19,20);1H. The molecule has 0 aliphatic carbocycles. The Kier molecular flexibility index (Phi) is 14.6. The number of aromatic nitrogens is 2. The van der Waals surface area contributed by atoms with Crippen molar-refractivity contribution < 1.29 is 9.26 Å². The van der Waals surface area contributed by atoms with Gasteiger partial charge in [0.25, 0.3) is 0 Å². The highest BCUT2D eigenvalue weighted by Gasteiger charge is 2.09. The lowest BCUT2D eigenvalue weighted by atomic mass is 10.2. The number of rotatable bonds is 12. The zero-order valence-electron chi connectivity index (χ0n) is 16.7. The summed E-state index contributed by atoms with van der Waals surface area (Å²) in [5.74, 6) is 2.51. The van der Waals surface area contributed by atoms with E-state index >= 15 is 0 Å². The Hall–Kier alpha value is -0.940. The van der Waals surface area contributed by atoms with Crippen molar-refractivity contribution >= 4 is 29.9 Å². The molecular weight excluding hydrogens is 447 g/mol. The molecule has 1 heterocycles. The summed E-state index contributed by atoms with van der Waals surface area (Å²) in [6.45, 7) is 11.2. The van der Waals surface area contributed by atoms with E-state index in [0.717, 1.165) is 51.0 Å². The van der Waals surface area contributed by atoms with Crippen molar-refractivity contribution in [2.24, 2.45) is 4.99 Å². The molecule has 0 saturated carbocycles. The average Bonchev–Trinajstić information content (AvgIpc) is 3.04. The van der Waals surface area contributed by atoms with Crippen LogP contribution in [0.3, 0.4) is 0 Å². The first kappa shape index (κ1) is 25.1. The predicted octanol–water partition coefficient (Wildman–Crippen LogP) is 1.88. The molecule has 8 nitrogen and oxygen atoms in total. The zero-order valence-corrected chi connectivity index (χ0v) is 19.1. The van der Waals surface area contributed by atoms with Crippen LogP contribution in [0.2, 0.25) is 0 Å². The number of halogens is 1. The molecule has 0 radical (unpaired) electrons. The summed E-state index contributed by atoms with van der Waals surface area (Å²) in [5.41, 5.74) is 0. The second kappa shape index (κ2) is 15.2. The maximum Gasteiger partial charge on any atom is 0.228 e. The normalized spacial score (nSPS) is 11.7. The Morgan fingerprint density at radius 2 is 2.08 bits per heavy atom. The summed E-state index contributed by atoms with van der Waals surface area (Å²) in [6.07, 6.45) is 1.72. The molecule has 0 saturated heterocycles. The smallest absolute Gasteiger partial charge is 0.228 e. The minimum atomic E-state index is 0. The maximum atomic E-state index is 5.25. The Morgan fingerprint density at radius 3 is 2.69 bits per heavy atom. The highest BCUT2D eigenvalue weighted by Crippen LogP contribution is 2.09. The molecule has 0 aliphatic rings. The molecule has 9 heteroatoms. The van der Waals surface area contributed by atoms with Crippen LogP contribution < -0.4 is 10.6 Å². The number of methoxy groups -OCH3 is 1. The van der Waals surface area contributed by atoms with Crippen LogP contribution in [0, 0.1) is 0 Å². The van der Waals surface area contributed by atoms with Crippen molar-refractivity contribution in [3.8, 4) is 0 Å². The molecular formula is C17H35IN6O2. The fourth-order valence-corrected chi connectivity index (χ4v) is 2.16. The van der Waals surface area contributed by atoms with Gasteiger partial charge in [-0.3, -0.25) is 4.99 Å². The molecule has 152 valence electrons. The van der Waals surface area contributed by atoms with Gasteiger partial charge in [0.1, 0.15) is 0 Å². The van der Waals surface area contributed by atoms with Gasteiger partial charge in [-0.25, -0.2) is 0 Å². The predicted molar refractivity (Wildman–Crippen MR) is 115 cm³/mol. The summed E-state index contributed by atoms with van der Waals surface area (Å²) < 4.78 is 10.3. The third kappa shape index (κ3) is 10.9. The van der Waals surface area contributed by atoms with Crippen molar-refractivity contribution in [1.29, 1.82) is 0 Å². The topological polar surface area (TPSA) is 87.8 Å². The molecule has 0 aliphatic heterocycles. The molecule has 0 amide bonds. The van der Waals surface area contributed by atoms with Crippen LogP contribution in [0.1, 0.15) is 44.8 Å². The van der Waals surface area contributed by atoms with E-state index in [1.165, 1.54) is 0 Å². The Balaban J connectivity index is 0.00000625. The van der Waals surface area contributed by atoms with Crippen molar-refractivity contribution in [3.63, 3.8) is 0 Å². The van der Waals surface area contributed by atoms with Crippen LogP contribution in [-0.2, 0) is 11.2 Å². The zero-order chi connectivity index (χ0) is 18.5. The number of nitrogens with one attached hydrogen (secondary N) is 2. The first-order valence-electron chi connectivity index (χ1n) is 9.09. The summed E-state index contributed by atoms with van der Waals surface area (Å²) in [7, 11) is 3.84. The van der Waals surface area contributed by atoms with Gasteiger partial charge in [0.15, 0.2) is 11.8 Å². The van der Waals surface area contributed by atoms with Crippen molar-refractivity contribution in [2.75, 3.05) is 53.5 Å². The molecule has 1 rings (SSSR count). The van der Waals surface area contributed by atoms with E-state index in [1.54, 1.807) is 7.11 Å². The third-order valence-electron chi connectivity index (χ3n) is 3.62. The molecule has 1 aromatic heterocycles. The number of hydrogen-bond acceptors (Lipinski definition) is 6. The summed E-state index contributed by atoms with van der Waals surface area (Å²) in [5, 5.41) is 10.5. The number of ether oxygens (including phenoxy) is 1. The van der Waals surface area contributed by atoms with Crippen LogP contribution in [-0.4, -0.2) is 74.5 Å². The van der Waals surface area contributed by atoms with Gasteiger partial charge in [-0.2, -0.15) is 4.98 Å². The summed E-state index contributed by atoms with van der Waals surface area (Å²) >= 11 is 0. The molecule has 0 aromatic carbocycles. The lowest BCUT2D eigenvalue weighted by molar-refractivity contribution is 0.180. The van der Waals surface area contributed by atoms with E-state index in [9.17, 15) is 0 Å². The van der Waals surface area contributed by atoms with Gasteiger partial charge < -0.3 is 24.8 Å². The second-order valence-electron chi connectivity index (χ2n) is 6.29. The Bertz CT molecular complexity index is 495. The largest absolute Gasteiger partial charge is 0.385 e. The average molecular weight is 482 g/mol. The van der Waals surface area contributed by atoms with E-state index in [0.29, 0.717) is 18.9 Å². The van der Waals surface area contributed by atoms with Crippen LogP contribution in [0.4, 0.5) is 0 Å². The van der Waals surface area contributed by atoms with E-state index in [2.05, 4.69) is 58.5 Å². The first-order valence-corrected chi connectivity index (χ1v) is 9.09. The van der Waals surface area contributed by atoms with E-state index in [-0.39, 0.29) is 29.9 Å². The van der Waals surface area contributed by atoms with Crippen LogP contribution in [0.5, 0.6) is 0 Å². The van der Waals surface area contributed by atoms with E-state index < -0.39 is 0 Å².